The molecule has 0 bridgehead atoms. The molecule has 8 rings (SSSR count). The van der Waals surface area contributed by atoms with Crippen LogP contribution in [0.15, 0.2) is 120 Å². The second-order valence-electron chi connectivity index (χ2n) is 16.8. The molecule has 0 aromatic heterocycles. The van der Waals surface area contributed by atoms with Crippen molar-refractivity contribution in [2.45, 2.75) is 38.8 Å². The number of urea groups is 2. The summed E-state index contributed by atoms with van der Waals surface area (Å²) in [5, 5.41) is 24.9. The number of rotatable bonds is 12. The first-order valence-electron chi connectivity index (χ1n) is 20.6. The Morgan fingerprint density at radius 2 is 1.00 bits per heavy atom. The van der Waals surface area contributed by atoms with Crippen LogP contribution in [0.4, 0.5) is 21.0 Å². The molecule has 6 amide bonds. The number of carbonyl (C=O) groups is 4. The summed E-state index contributed by atoms with van der Waals surface area (Å²) in [6, 6.07) is 31.6. The number of nitrogens with zero attached hydrogens (tertiary/aromatic N) is 7. The third kappa shape index (κ3) is 8.53. The van der Waals surface area contributed by atoms with Gasteiger partial charge in [-0.1, -0.05) is 48.5 Å². The van der Waals surface area contributed by atoms with Crippen molar-refractivity contribution >= 4 is 35.3 Å². The van der Waals surface area contributed by atoms with Crippen molar-refractivity contribution in [2.24, 2.45) is 0 Å². The molecular weight excluding hydrogens is 893 g/mol. The standard InChI is InChI=1S/C48H47N9O4.HI/c1-31-9-5-11-37(25-31)55-39-29-53(45(58)41(39)43(51-47(55)60)35-17-13-33(27-49)14-18-35)21-7-23-57(3,4)24-8-22-54-30-40-42(46(54)59)44(36-19-15-34(28-50)16-20-36)52-48(61)56(40)38-12-6-10-32(2)26-38;/h5-6,9-20,25-26,43-44H,7-8,21-24,29-30H2,1-4H3,(H-,51,52,60,61);1H/t43-,44-;/m1./s1. The summed E-state index contributed by atoms with van der Waals surface area (Å²) in [6.07, 6.45) is 1.44. The first-order chi connectivity index (χ1) is 29.3. The van der Waals surface area contributed by atoms with E-state index in [1.54, 1.807) is 58.3 Å². The fourth-order valence-electron chi connectivity index (χ4n) is 8.92. The van der Waals surface area contributed by atoms with E-state index in [2.05, 4.69) is 36.9 Å². The maximum absolute atomic E-state index is 14.3. The van der Waals surface area contributed by atoms with Gasteiger partial charge in [0.25, 0.3) is 11.8 Å². The average Bonchev–Trinajstić information content (AvgIpc) is 3.74. The van der Waals surface area contributed by atoms with Gasteiger partial charge in [-0.05, 0) is 84.6 Å². The Hall–Kier alpha value is -6.49. The van der Waals surface area contributed by atoms with Gasteiger partial charge in [0, 0.05) is 25.9 Å². The first kappa shape index (κ1) is 43.6. The average molecular weight is 942 g/mol. The summed E-state index contributed by atoms with van der Waals surface area (Å²) >= 11 is 0. The molecule has 4 heterocycles. The maximum Gasteiger partial charge on any atom is 0.327 e. The van der Waals surface area contributed by atoms with Crippen LogP contribution in [0.5, 0.6) is 0 Å². The molecule has 0 saturated heterocycles. The molecule has 13 nitrogen and oxygen atoms in total. The van der Waals surface area contributed by atoms with Crippen LogP contribution in [0.3, 0.4) is 0 Å². The number of hydrogen-bond donors (Lipinski definition) is 2. The van der Waals surface area contributed by atoms with Gasteiger partial charge in [0.2, 0.25) is 0 Å². The molecule has 4 aliphatic rings. The minimum atomic E-state index is -0.647. The van der Waals surface area contributed by atoms with Crippen molar-refractivity contribution in [2.75, 3.05) is 63.2 Å². The lowest BCUT2D eigenvalue weighted by molar-refractivity contribution is -0.890. The van der Waals surface area contributed by atoms with Crippen LogP contribution in [0, 0.1) is 36.5 Å². The molecule has 2 atom stereocenters. The van der Waals surface area contributed by atoms with Crippen molar-refractivity contribution in [1.29, 1.82) is 10.5 Å². The smallest absolute Gasteiger partial charge is 0.327 e. The molecule has 2 N–H and O–H groups in total. The third-order valence-corrected chi connectivity index (χ3v) is 12.0. The Bertz CT molecular complexity index is 2410. The van der Waals surface area contributed by atoms with E-state index in [0.717, 1.165) is 48.2 Å². The summed E-state index contributed by atoms with van der Waals surface area (Å²) in [4.78, 5) is 62.9. The van der Waals surface area contributed by atoms with E-state index in [1.807, 2.05) is 72.2 Å². The number of anilines is 2. The van der Waals surface area contributed by atoms with Crippen LogP contribution in [0.1, 0.15) is 58.3 Å². The van der Waals surface area contributed by atoms with Crippen LogP contribution in [0.2, 0.25) is 0 Å². The SMILES string of the molecule is Cc1cccc(N2C(=O)N[C@H](c3ccc(C#N)cc3)C3=C2CN(CCC[N+](C)(C)CCCN2CC4=C(C2=O)[C@@H](c2ccc(C#N)cc2)NC(=O)N4c2cccc(C)c2)C3=O)c1.[I-]. The first-order valence-corrected chi connectivity index (χ1v) is 20.6. The number of nitriles is 2. The minimum Gasteiger partial charge on any atom is -1.00 e. The lowest BCUT2D eigenvalue weighted by Gasteiger charge is -2.33. The van der Waals surface area contributed by atoms with E-state index in [-0.39, 0.29) is 47.9 Å². The Kier molecular flexibility index (Phi) is 12.6. The summed E-state index contributed by atoms with van der Waals surface area (Å²) in [7, 11) is 4.30. The predicted molar refractivity (Wildman–Crippen MR) is 230 cm³/mol. The molecule has 14 heteroatoms. The fraction of sp³-hybridized carbons (Fsp3) is 0.292. The molecule has 0 saturated carbocycles. The van der Waals surface area contributed by atoms with Crippen LogP contribution < -0.4 is 44.4 Å². The maximum atomic E-state index is 14.3. The van der Waals surface area contributed by atoms with Crippen molar-refractivity contribution in [1.82, 2.24) is 20.4 Å². The van der Waals surface area contributed by atoms with Crippen molar-refractivity contribution in [3.8, 4) is 12.1 Å². The Morgan fingerprint density at radius 1 is 0.613 bits per heavy atom. The highest BCUT2D eigenvalue weighted by Crippen LogP contribution is 2.40. The molecule has 4 aliphatic heterocycles. The monoisotopic (exact) mass is 941 g/mol. The molecule has 316 valence electrons. The number of halogens is 1. The van der Waals surface area contributed by atoms with Gasteiger partial charge in [0.15, 0.2) is 0 Å². The predicted octanol–water partition coefficient (Wildman–Crippen LogP) is 3.34. The lowest BCUT2D eigenvalue weighted by atomic mass is 9.94. The molecular formula is C48H48IN9O4. The number of quaternary nitrogens is 1. The zero-order chi connectivity index (χ0) is 43.0. The molecule has 0 unspecified atom stereocenters. The highest BCUT2D eigenvalue weighted by Gasteiger charge is 2.46. The van der Waals surface area contributed by atoms with E-state index < -0.39 is 12.1 Å². The fourth-order valence-corrected chi connectivity index (χ4v) is 8.92. The van der Waals surface area contributed by atoms with E-state index in [1.165, 1.54) is 0 Å². The highest BCUT2D eigenvalue weighted by molar-refractivity contribution is 6.08. The van der Waals surface area contributed by atoms with Crippen LogP contribution in [-0.2, 0) is 9.59 Å². The topological polar surface area (TPSA) is 153 Å². The van der Waals surface area contributed by atoms with E-state index >= 15 is 0 Å². The molecule has 0 aliphatic carbocycles. The lowest BCUT2D eigenvalue weighted by Crippen LogP contribution is -3.00. The zero-order valence-electron chi connectivity index (χ0n) is 35.2. The van der Waals surface area contributed by atoms with E-state index in [4.69, 9.17) is 0 Å². The largest absolute Gasteiger partial charge is 1.00 e. The summed E-state index contributed by atoms with van der Waals surface area (Å²) in [5.74, 6) is -0.244. The normalized spacial score (nSPS) is 18.5. The van der Waals surface area contributed by atoms with Gasteiger partial charge in [-0.25, -0.2) is 9.59 Å². The van der Waals surface area contributed by atoms with Gasteiger partial charge >= 0.3 is 12.1 Å². The number of nitrogens with one attached hydrogen (secondary N) is 2. The number of aryl methyl sites for hydroxylation is 2. The molecule has 0 radical (unpaired) electrons. The van der Waals surface area contributed by atoms with Crippen LogP contribution in [0.25, 0.3) is 0 Å². The van der Waals surface area contributed by atoms with E-state index in [0.29, 0.717) is 75.7 Å². The number of benzene rings is 4. The van der Waals surface area contributed by atoms with Gasteiger partial charge < -0.3 is 48.9 Å². The third-order valence-electron chi connectivity index (χ3n) is 12.0. The quantitative estimate of drug-likeness (QED) is 0.164. The van der Waals surface area contributed by atoms with Crippen LogP contribution in [-0.4, -0.2) is 91.5 Å². The van der Waals surface area contributed by atoms with Crippen molar-refractivity contribution in [3.63, 3.8) is 0 Å². The molecule has 4 aromatic carbocycles. The van der Waals surface area contributed by atoms with Gasteiger partial charge in [-0.3, -0.25) is 19.4 Å². The Balaban J connectivity index is 0.00000578. The summed E-state index contributed by atoms with van der Waals surface area (Å²) in [5.41, 5.74) is 8.23. The van der Waals surface area contributed by atoms with E-state index in [9.17, 15) is 29.7 Å². The number of amides is 6. The summed E-state index contributed by atoms with van der Waals surface area (Å²) in [6.45, 7) is 7.07. The minimum absolute atomic E-state index is 0. The van der Waals surface area contributed by atoms with Gasteiger partial charge in [0.1, 0.15) is 0 Å². The Labute approximate surface area is 379 Å². The second-order valence-corrected chi connectivity index (χ2v) is 16.8. The Morgan fingerprint density at radius 3 is 1.35 bits per heavy atom. The zero-order valence-corrected chi connectivity index (χ0v) is 37.3. The van der Waals surface area contributed by atoms with Crippen LogP contribution >= 0.6 is 0 Å². The molecule has 4 aromatic rings. The van der Waals surface area contributed by atoms with Crippen molar-refractivity contribution < 1.29 is 47.6 Å². The van der Waals surface area contributed by atoms with Gasteiger partial charge in [0.05, 0.1) is 110 Å². The van der Waals surface area contributed by atoms with Crippen molar-refractivity contribution in [3.05, 3.63) is 153 Å². The molecule has 0 fully saturated rings. The highest BCUT2D eigenvalue weighted by atomic mass is 127. The number of hydrogen-bond acceptors (Lipinski definition) is 6. The molecule has 0 spiro atoms. The molecule has 62 heavy (non-hydrogen) atoms. The van der Waals surface area contributed by atoms with Gasteiger partial charge in [-0.15, -0.1) is 0 Å². The second kappa shape index (κ2) is 17.8. The number of carbonyl (C=O) groups excluding carboxylic acids is 4. The summed E-state index contributed by atoms with van der Waals surface area (Å²) < 4.78 is 0.664. The van der Waals surface area contributed by atoms with Gasteiger partial charge in [-0.2, -0.15) is 10.5 Å².